The lowest BCUT2D eigenvalue weighted by molar-refractivity contribution is -0.140. The van der Waals surface area contributed by atoms with Crippen molar-refractivity contribution < 1.29 is 31.9 Å². The van der Waals surface area contributed by atoms with Gasteiger partial charge in [-0.1, -0.05) is 78.9 Å². The number of rotatable bonds is 12. The van der Waals surface area contributed by atoms with Gasteiger partial charge in [-0.25, -0.2) is 12.8 Å². The molecule has 0 aromatic heterocycles. The highest BCUT2D eigenvalue weighted by atomic mass is 35.5. The van der Waals surface area contributed by atoms with Crippen molar-refractivity contribution in [2.24, 2.45) is 0 Å². The van der Waals surface area contributed by atoms with Crippen LogP contribution in [-0.2, 0) is 32.6 Å². The van der Waals surface area contributed by atoms with Crippen LogP contribution in [0.3, 0.4) is 0 Å². The van der Waals surface area contributed by atoms with Crippen molar-refractivity contribution in [3.8, 4) is 11.5 Å². The minimum atomic E-state index is -4.47. The van der Waals surface area contributed by atoms with E-state index in [0.29, 0.717) is 17.9 Å². The summed E-state index contributed by atoms with van der Waals surface area (Å²) in [7, 11) is -4.47. The van der Waals surface area contributed by atoms with Crippen molar-refractivity contribution in [2.45, 2.75) is 62.0 Å². The van der Waals surface area contributed by atoms with E-state index in [9.17, 15) is 22.4 Å². The molecule has 1 N–H and O–H groups in total. The zero-order valence-electron chi connectivity index (χ0n) is 27.8. The fourth-order valence-corrected chi connectivity index (χ4v) is 8.35. The molecule has 51 heavy (non-hydrogen) atoms. The molecule has 0 spiro atoms. The van der Waals surface area contributed by atoms with Gasteiger partial charge < -0.3 is 19.7 Å². The number of halogens is 3. The second kappa shape index (κ2) is 16.4. The number of nitrogens with one attached hydrogen (secondary N) is 1. The predicted molar refractivity (Wildman–Crippen MR) is 194 cm³/mol. The third-order valence-electron chi connectivity index (χ3n) is 9.11. The molecule has 1 aliphatic carbocycles. The fraction of sp³-hybridized carbons (Fsp3) is 0.316. The summed E-state index contributed by atoms with van der Waals surface area (Å²) in [5.41, 5.74) is 1.24. The molecule has 0 radical (unpaired) electrons. The molecule has 4 aromatic rings. The molecule has 1 unspecified atom stereocenters. The zero-order chi connectivity index (χ0) is 36.0. The Morgan fingerprint density at radius 3 is 2.20 bits per heavy atom. The largest absolute Gasteiger partial charge is 0.486 e. The summed E-state index contributed by atoms with van der Waals surface area (Å²) in [6.45, 7) is -0.359. The lowest BCUT2D eigenvalue weighted by atomic mass is 9.94. The zero-order valence-corrected chi connectivity index (χ0v) is 30.1. The maximum Gasteiger partial charge on any atom is 0.264 e. The van der Waals surface area contributed by atoms with Crippen LogP contribution in [0.5, 0.6) is 11.5 Å². The van der Waals surface area contributed by atoms with E-state index in [0.717, 1.165) is 54.1 Å². The molecular formula is C38H38Cl2FN3O6S. The maximum atomic E-state index is 14.8. The van der Waals surface area contributed by atoms with Crippen molar-refractivity contribution in [3.05, 3.63) is 118 Å². The molecule has 1 saturated carbocycles. The fourth-order valence-electron chi connectivity index (χ4n) is 6.40. The normalized spacial score (nSPS) is 15.1. The number of sulfonamides is 1. The number of ether oxygens (including phenoxy) is 2. The molecule has 13 heteroatoms. The van der Waals surface area contributed by atoms with Crippen LogP contribution in [0.1, 0.15) is 43.2 Å². The first kappa shape index (κ1) is 36.5. The van der Waals surface area contributed by atoms with Crippen molar-refractivity contribution in [1.82, 2.24) is 10.2 Å². The molecule has 0 bridgehead atoms. The number of anilines is 1. The average Bonchev–Trinajstić information content (AvgIpc) is 3.14. The van der Waals surface area contributed by atoms with Crippen LogP contribution in [0.2, 0.25) is 10.0 Å². The number of hydrogen-bond acceptors (Lipinski definition) is 6. The lowest BCUT2D eigenvalue weighted by Crippen LogP contribution is -2.55. The number of hydrogen-bond donors (Lipinski definition) is 1. The molecule has 1 fully saturated rings. The van der Waals surface area contributed by atoms with Crippen LogP contribution >= 0.6 is 23.2 Å². The summed E-state index contributed by atoms with van der Waals surface area (Å²) in [5, 5.41) is 3.73. The van der Waals surface area contributed by atoms with Gasteiger partial charge >= 0.3 is 0 Å². The third-order valence-corrected chi connectivity index (χ3v) is 11.6. The second-order valence-electron chi connectivity index (χ2n) is 12.6. The number of carbonyl (C=O) groups excluding carboxylic acids is 2. The standard InChI is InChI=1S/C38H38Cl2FN3O6S/c39-32-12-7-13-33(40)31(32)24-43(34(22-26-8-3-1-4-9-26)38(46)42-28-10-5-2-6-11-28)37(45)25-44(29-16-14-27(41)15-17-29)51(47,48)30-18-19-35-36(23-30)50-21-20-49-35/h1,3-4,7-9,12-19,23,28,34H,2,5-6,10-11,20-22,24-25H2,(H,42,46). The van der Waals surface area contributed by atoms with Gasteiger partial charge in [0.25, 0.3) is 10.0 Å². The predicted octanol–water partition coefficient (Wildman–Crippen LogP) is 7.19. The minimum Gasteiger partial charge on any atom is -0.486 e. The van der Waals surface area contributed by atoms with Crippen molar-refractivity contribution >= 4 is 50.7 Å². The molecule has 9 nitrogen and oxygen atoms in total. The van der Waals surface area contributed by atoms with Crippen molar-refractivity contribution in [1.29, 1.82) is 0 Å². The van der Waals surface area contributed by atoms with Gasteiger partial charge in [0.15, 0.2) is 11.5 Å². The summed E-state index contributed by atoms with van der Waals surface area (Å²) in [4.78, 5) is 30.3. The van der Waals surface area contributed by atoms with Crippen LogP contribution in [0.15, 0.2) is 95.9 Å². The number of benzene rings is 4. The van der Waals surface area contributed by atoms with E-state index in [1.54, 1.807) is 18.2 Å². The van der Waals surface area contributed by atoms with Crippen LogP contribution in [0, 0.1) is 5.82 Å². The maximum absolute atomic E-state index is 14.8. The summed E-state index contributed by atoms with van der Waals surface area (Å²) >= 11 is 13.2. The van der Waals surface area contributed by atoms with Gasteiger partial charge in [-0.3, -0.25) is 13.9 Å². The molecule has 0 saturated heterocycles. The Morgan fingerprint density at radius 1 is 0.843 bits per heavy atom. The van der Waals surface area contributed by atoms with Gasteiger partial charge in [0.05, 0.1) is 10.6 Å². The molecular weight excluding hydrogens is 716 g/mol. The van der Waals surface area contributed by atoms with E-state index in [4.69, 9.17) is 32.7 Å². The Bertz CT molecular complexity index is 1940. The number of amides is 2. The van der Waals surface area contributed by atoms with Gasteiger partial charge in [0, 0.05) is 40.7 Å². The van der Waals surface area contributed by atoms with Crippen LogP contribution < -0.4 is 19.1 Å². The summed E-state index contributed by atoms with van der Waals surface area (Å²) in [5.74, 6) is -1.02. The smallest absolute Gasteiger partial charge is 0.264 e. The number of carbonyl (C=O) groups is 2. The topological polar surface area (TPSA) is 105 Å². The minimum absolute atomic E-state index is 0.0432. The molecule has 268 valence electrons. The lowest BCUT2D eigenvalue weighted by Gasteiger charge is -2.35. The number of fused-ring (bicyclic) bond motifs is 1. The molecule has 2 amide bonds. The summed E-state index contributed by atoms with van der Waals surface area (Å²) in [6.07, 6.45) is 4.83. The highest BCUT2D eigenvalue weighted by molar-refractivity contribution is 7.92. The first-order valence-corrected chi connectivity index (χ1v) is 19.0. The van der Waals surface area contributed by atoms with E-state index in [1.807, 2.05) is 30.3 Å². The third kappa shape index (κ3) is 8.77. The quantitative estimate of drug-likeness (QED) is 0.164. The molecule has 4 aromatic carbocycles. The first-order chi connectivity index (χ1) is 24.6. The van der Waals surface area contributed by atoms with Gasteiger partial charge in [-0.2, -0.15) is 0 Å². The van der Waals surface area contributed by atoms with E-state index >= 15 is 0 Å². The van der Waals surface area contributed by atoms with Crippen LogP contribution in [0.4, 0.5) is 10.1 Å². The van der Waals surface area contributed by atoms with Gasteiger partial charge in [0.1, 0.15) is 31.6 Å². The summed E-state index contributed by atoms with van der Waals surface area (Å²) < 4.78 is 55.1. The van der Waals surface area contributed by atoms with E-state index in [2.05, 4.69) is 5.32 Å². The Kier molecular flexibility index (Phi) is 11.7. The van der Waals surface area contributed by atoms with Crippen LogP contribution in [-0.4, -0.2) is 57.0 Å². The Morgan fingerprint density at radius 2 is 1.51 bits per heavy atom. The Labute approximate surface area is 307 Å². The van der Waals surface area contributed by atoms with E-state index < -0.39 is 34.3 Å². The monoisotopic (exact) mass is 753 g/mol. The van der Waals surface area contributed by atoms with Gasteiger partial charge in [0.2, 0.25) is 11.8 Å². The summed E-state index contributed by atoms with van der Waals surface area (Å²) in [6, 6.07) is 22.1. The first-order valence-electron chi connectivity index (χ1n) is 16.8. The molecule has 2 aliphatic rings. The van der Waals surface area contributed by atoms with Gasteiger partial charge in [-0.05, 0) is 66.9 Å². The Balaban J connectivity index is 1.42. The van der Waals surface area contributed by atoms with Crippen molar-refractivity contribution in [2.75, 3.05) is 24.1 Å². The molecule has 1 aliphatic heterocycles. The Hall–Kier alpha value is -4.32. The van der Waals surface area contributed by atoms with E-state index in [1.165, 1.54) is 35.2 Å². The molecule has 6 rings (SSSR count). The van der Waals surface area contributed by atoms with Gasteiger partial charge in [-0.15, -0.1) is 0 Å². The molecule has 1 atom stereocenters. The SMILES string of the molecule is O=C(NC1CCCCC1)C(Cc1ccccc1)N(Cc1c(Cl)cccc1Cl)C(=O)CN(c1ccc(F)cc1)S(=O)(=O)c1ccc2c(c1)OCCO2. The second-order valence-corrected chi connectivity index (χ2v) is 15.2. The van der Waals surface area contributed by atoms with E-state index in [-0.39, 0.29) is 57.9 Å². The van der Waals surface area contributed by atoms with Crippen LogP contribution in [0.25, 0.3) is 0 Å². The number of nitrogens with zero attached hydrogens (tertiary/aromatic N) is 2. The highest BCUT2D eigenvalue weighted by Gasteiger charge is 2.36. The highest BCUT2D eigenvalue weighted by Crippen LogP contribution is 2.35. The van der Waals surface area contributed by atoms with Crippen molar-refractivity contribution in [3.63, 3.8) is 0 Å². The molecule has 1 heterocycles. The average molecular weight is 755 g/mol.